The summed E-state index contributed by atoms with van der Waals surface area (Å²) in [6, 6.07) is 12.7. The van der Waals surface area contributed by atoms with Crippen molar-refractivity contribution in [3.05, 3.63) is 59.2 Å². The van der Waals surface area contributed by atoms with E-state index in [9.17, 15) is 9.59 Å². The highest BCUT2D eigenvalue weighted by atomic mass is 16.5. The van der Waals surface area contributed by atoms with Crippen LogP contribution in [0.15, 0.2) is 42.5 Å². The highest BCUT2D eigenvalue weighted by Crippen LogP contribution is 2.35. The molecule has 0 spiro atoms. The molecule has 1 aliphatic heterocycles. The van der Waals surface area contributed by atoms with Gasteiger partial charge in [0.15, 0.2) is 0 Å². The van der Waals surface area contributed by atoms with Gasteiger partial charge in [0.1, 0.15) is 17.6 Å². The molecule has 2 aromatic rings. The average molecular weight is 368 g/mol. The number of fused-ring (bicyclic) bond motifs is 1. The van der Waals surface area contributed by atoms with Gasteiger partial charge in [0.05, 0.1) is 13.2 Å². The lowest BCUT2D eigenvalue weighted by Crippen LogP contribution is -2.36. The summed E-state index contributed by atoms with van der Waals surface area (Å²) in [5, 5.41) is 5.43. The van der Waals surface area contributed by atoms with Gasteiger partial charge in [-0.15, -0.1) is 0 Å². The van der Waals surface area contributed by atoms with Crippen LogP contribution in [0, 0.1) is 0 Å². The largest absolute Gasteiger partial charge is 0.494 e. The van der Waals surface area contributed by atoms with Crippen molar-refractivity contribution < 1.29 is 19.1 Å². The van der Waals surface area contributed by atoms with Crippen molar-refractivity contribution in [2.24, 2.45) is 0 Å². The molecule has 1 heterocycles. The zero-order valence-corrected chi connectivity index (χ0v) is 15.6. The molecule has 0 bridgehead atoms. The van der Waals surface area contributed by atoms with Crippen LogP contribution in [0.4, 0.5) is 0 Å². The molecule has 6 heteroatoms. The maximum Gasteiger partial charge on any atom is 0.251 e. The van der Waals surface area contributed by atoms with Crippen LogP contribution in [0.1, 0.15) is 35.3 Å². The number of hydrogen-bond acceptors (Lipinski definition) is 4. The normalized spacial score (nSPS) is 14.8. The summed E-state index contributed by atoms with van der Waals surface area (Å²) in [5.41, 5.74) is 2.50. The molecule has 0 saturated heterocycles. The number of amides is 2. The van der Waals surface area contributed by atoms with Crippen molar-refractivity contribution in [3.8, 4) is 11.5 Å². The van der Waals surface area contributed by atoms with Crippen LogP contribution >= 0.6 is 0 Å². The van der Waals surface area contributed by atoms with E-state index < -0.39 is 0 Å². The molecule has 2 N–H and O–H groups in total. The van der Waals surface area contributed by atoms with E-state index in [4.69, 9.17) is 9.47 Å². The summed E-state index contributed by atoms with van der Waals surface area (Å²) in [4.78, 5) is 24.1. The maximum atomic E-state index is 12.1. The zero-order valence-electron chi connectivity index (χ0n) is 15.6. The minimum absolute atomic E-state index is 0.0871. The molecule has 2 aromatic carbocycles. The lowest BCUT2D eigenvalue weighted by Gasteiger charge is -2.13. The second-order valence-corrected chi connectivity index (χ2v) is 6.46. The van der Waals surface area contributed by atoms with Crippen LogP contribution in [0.5, 0.6) is 11.5 Å². The first kappa shape index (κ1) is 18.8. The first-order valence-electron chi connectivity index (χ1n) is 9.12. The van der Waals surface area contributed by atoms with Gasteiger partial charge in [-0.25, -0.2) is 0 Å². The van der Waals surface area contributed by atoms with E-state index in [-0.39, 0.29) is 24.5 Å². The van der Waals surface area contributed by atoms with E-state index >= 15 is 0 Å². The SMILES string of the molecule is CCOc1cc2c(cc1CNC(=O)CNC(=O)c1ccccc1)O[C@@H](C)C2. The summed E-state index contributed by atoms with van der Waals surface area (Å²) in [7, 11) is 0. The molecule has 142 valence electrons. The fraction of sp³-hybridized carbons (Fsp3) is 0.333. The van der Waals surface area contributed by atoms with E-state index in [1.54, 1.807) is 24.3 Å². The van der Waals surface area contributed by atoms with Gasteiger partial charge in [0.2, 0.25) is 5.91 Å². The quantitative estimate of drug-likeness (QED) is 0.787. The number of hydrogen-bond donors (Lipinski definition) is 2. The Kier molecular flexibility index (Phi) is 5.96. The molecule has 0 aromatic heterocycles. The zero-order chi connectivity index (χ0) is 19.2. The first-order chi connectivity index (χ1) is 13.1. The van der Waals surface area contributed by atoms with Gasteiger partial charge in [0.25, 0.3) is 5.91 Å². The fourth-order valence-corrected chi connectivity index (χ4v) is 3.02. The van der Waals surface area contributed by atoms with Crippen LogP contribution in [0.2, 0.25) is 0 Å². The van der Waals surface area contributed by atoms with Gasteiger partial charge in [0, 0.05) is 29.7 Å². The molecule has 3 rings (SSSR count). The lowest BCUT2D eigenvalue weighted by atomic mass is 10.1. The highest BCUT2D eigenvalue weighted by molar-refractivity contribution is 5.96. The third-order valence-electron chi connectivity index (χ3n) is 4.30. The molecule has 0 saturated carbocycles. The number of rotatable bonds is 7. The van der Waals surface area contributed by atoms with Gasteiger partial charge >= 0.3 is 0 Å². The van der Waals surface area contributed by atoms with Gasteiger partial charge in [-0.1, -0.05) is 18.2 Å². The lowest BCUT2D eigenvalue weighted by molar-refractivity contribution is -0.120. The van der Waals surface area contributed by atoms with Crippen LogP contribution in [-0.2, 0) is 17.8 Å². The topological polar surface area (TPSA) is 76.7 Å². The van der Waals surface area contributed by atoms with Crippen molar-refractivity contribution in [2.45, 2.75) is 32.9 Å². The Morgan fingerprint density at radius 3 is 2.70 bits per heavy atom. The van der Waals surface area contributed by atoms with E-state index in [0.29, 0.717) is 18.7 Å². The maximum absolute atomic E-state index is 12.1. The van der Waals surface area contributed by atoms with Gasteiger partial charge < -0.3 is 20.1 Å². The molecule has 1 aliphatic rings. The summed E-state index contributed by atoms with van der Waals surface area (Å²) in [6.07, 6.45) is 1.00. The molecule has 6 nitrogen and oxygen atoms in total. The molecular formula is C21H24N2O4. The number of nitrogens with one attached hydrogen (secondary N) is 2. The van der Waals surface area contributed by atoms with Crippen LogP contribution in [0.25, 0.3) is 0 Å². The summed E-state index contributed by atoms with van der Waals surface area (Å²) in [6.45, 7) is 4.71. The van der Waals surface area contributed by atoms with E-state index in [2.05, 4.69) is 10.6 Å². The second kappa shape index (κ2) is 8.58. The Hall–Kier alpha value is -3.02. The van der Waals surface area contributed by atoms with Gasteiger partial charge in [-0.2, -0.15) is 0 Å². The molecule has 0 aliphatic carbocycles. The smallest absolute Gasteiger partial charge is 0.251 e. The van der Waals surface area contributed by atoms with Crippen LogP contribution in [0.3, 0.4) is 0 Å². The van der Waals surface area contributed by atoms with Crippen LogP contribution in [-0.4, -0.2) is 31.1 Å². The van der Waals surface area contributed by atoms with E-state index in [1.807, 2.05) is 32.0 Å². The molecular weight excluding hydrogens is 344 g/mol. The second-order valence-electron chi connectivity index (χ2n) is 6.46. The number of ether oxygens (including phenoxy) is 2. The van der Waals surface area contributed by atoms with Crippen molar-refractivity contribution in [1.82, 2.24) is 10.6 Å². The molecule has 2 amide bonds. The van der Waals surface area contributed by atoms with E-state index in [0.717, 1.165) is 29.0 Å². The van der Waals surface area contributed by atoms with Gasteiger partial charge in [-0.3, -0.25) is 9.59 Å². The molecule has 0 fully saturated rings. The average Bonchev–Trinajstić information content (AvgIpc) is 3.04. The molecule has 0 radical (unpaired) electrons. The predicted molar refractivity (Wildman–Crippen MR) is 102 cm³/mol. The Morgan fingerprint density at radius 1 is 1.19 bits per heavy atom. The highest BCUT2D eigenvalue weighted by Gasteiger charge is 2.22. The standard InChI is InChI=1S/C21H24N2O4/c1-3-26-18-10-16-9-14(2)27-19(16)11-17(18)12-22-20(24)13-23-21(25)15-7-5-4-6-8-15/h4-8,10-11,14H,3,9,12-13H2,1-2H3,(H,22,24)(H,23,25)/t14-/m0/s1. The minimum atomic E-state index is -0.277. The number of carbonyl (C=O) groups excluding carboxylic acids is 2. The monoisotopic (exact) mass is 368 g/mol. The molecule has 27 heavy (non-hydrogen) atoms. The fourth-order valence-electron chi connectivity index (χ4n) is 3.02. The van der Waals surface area contributed by atoms with E-state index in [1.165, 1.54) is 0 Å². The third-order valence-corrected chi connectivity index (χ3v) is 4.30. The Labute approximate surface area is 158 Å². The Balaban J connectivity index is 1.57. The minimum Gasteiger partial charge on any atom is -0.494 e. The van der Waals surface area contributed by atoms with Crippen molar-refractivity contribution >= 4 is 11.8 Å². The molecule has 1 atom stereocenters. The third kappa shape index (κ3) is 4.78. The van der Waals surface area contributed by atoms with Gasteiger partial charge in [-0.05, 0) is 38.1 Å². The van der Waals surface area contributed by atoms with Crippen LogP contribution < -0.4 is 20.1 Å². The Morgan fingerprint density at radius 2 is 1.96 bits per heavy atom. The first-order valence-corrected chi connectivity index (χ1v) is 9.12. The summed E-state index contributed by atoms with van der Waals surface area (Å²) >= 11 is 0. The predicted octanol–water partition coefficient (Wildman–Crippen LogP) is 2.45. The summed E-state index contributed by atoms with van der Waals surface area (Å²) in [5.74, 6) is 1.05. The summed E-state index contributed by atoms with van der Waals surface area (Å²) < 4.78 is 11.5. The Bertz CT molecular complexity index is 820. The molecule has 0 unspecified atom stereocenters. The number of carbonyl (C=O) groups is 2. The number of benzene rings is 2. The van der Waals surface area contributed by atoms with Crippen molar-refractivity contribution in [1.29, 1.82) is 0 Å². The van der Waals surface area contributed by atoms with Crippen molar-refractivity contribution in [2.75, 3.05) is 13.2 Å². The van der Waals surface area contributed by atoms with Crippen molar-refractivity contribution in [3.63, 3.8) is 0 Å².